The number of hydrogen-bond acceptors (Lipinski definition) is 6. The van der Waals surface area contributed by atoms with Gasteiger partial charge in [-0.3, -0.25) is 4.79 Å². The highest BCUT2D eigenvalue weighted by Crippen LogP contribution is 2.44. The topological polar surface area (TPSA) is 83.1 Å². The van der Waals surface area contributed by atoms with Crippen LogP contribution in [0.5, 0.6) is 17.2 Å². The average molecular weight is 492 g/mol. The number of benzene rings is 2. The fourth-order valence-electron chi connectivity index (χ4n) is 2.50. The Hall–Kier alpha value is -2.95. The lowest BCUT2D eigenvalue weighted by Crippen LogP contribution is -2.23. The second-order valence-corrected chi connectivity index (χ2v) is 6.47. The van der Waals surface area contributed by atoms with Crippen molar-refractivity contribution >= 4 is 33.5 Å². The second kappa shape index (κ2) is 9.70. The summed E-state index contributed by atoms with van der Waals surface area (Å²) in [5.74, 6) is -1.31. The average Bonchev–Trinajstić information content (AvgIpc) is 2.71. The van der Waals surface area contributed by atoms with Crippen LogP contribution in [0.1, 0.15) is 15.9 Å². The van der Waals surface area contributed by atoms with Gasteiger partial charge in [-0.15, -0.1) is 0 Å². The second-order valence-electron chi connectivity index (χ2n) is 5.67. The van der Waals surface area contributed by atoms with E-state index >= 15 is 0 Å². The molecule has 11 heteroatoms. The number of amides is 1. The largest absolute Gasteiger partial charge is 0.493 e. The molecule has 2 aromatic carbocycles. The van der Waals surface area contributed by atoms with Gasteiger partial charge in [-0.25, -0.2) is 4.79 Å². The summed E-state index contributed by atoms with van der Waals surface area (Å²) in [6.07, 6.45) is -4.65. The molecule has 0 radical (unpaired) electrons. The van der Waals surface area contributed by atoms with Crippen molar-refractivity contribution < 1.29 is 41.7 Å². The van der Waals surface area contributed by atoms with Gasteiger partial charge in [-0.1, -0.05) is 12.1 Å². The summed E-state index contributed by atoms with van der Waals surface area (Å²) in [5, 5.41) is 2.08. The normalized spacial score (nSPS) is 10.9. The predicted octanol–water partition coefficient (Wildman–Crippen LogP) is 4.29. The van der Waals surface area contributed by atoms with Crippen LogP contribution in [0.3, 0.4) is 0 Å². The molecule has 0 aliphatic rings. The van der Waals surface area contributed by atoms with Gasteiger partial charge in [0.25, 0.3) is 5.91 Å². The number of alkyl halides is 3. The SMILES string of the molecule is COc1cc(C(=O)OCC(=O)Nc2ccccc2C(F)(F)F)c(Br)c(OC)c1OC. The number of nitrogens with one attached hydrogen (secondary N) is 1. The molecule has 0 bridgehead atoms. The number of carbonyl (C=O) groups excluding carboxylic acids is 2. The number of esters is 1. The third-order valence-electron chi connectivity index (χ3n) is 3.83. The molecule has 30 heavy (non-hydrogen) atoms. The first-order valence-corrected chi connectivity index (χ1v) is 9.05. The summed E-state index contributed by atoms with van der Waals surface area (Å²) in [4.78, 5) is 24.4. The number of halogens is 4. The molecule has 0 atom stereocenters. The molecule has 1 N–H and O–H groups in total. The molecule has 2 aromatic rings. The number of ether oxygens (including phenoxy) is 4. The van der Waals surface area contributed by atoms with Crippen molar-refractivity contribution in [3.05, 3.63) is 45.9 Å². The molecule has 0 saturated heterocycles. The van der Waals surface area contributed by atoms with E-state index in [0.29, 0.717) is 0 Å². The van der Waals surface area contributed by atoms with Crippen molar-refractivity contribution in [2.45, 2.75) is 6.18 Å². The summed E-state index contributed by atoms with van der Waals surface area (Å²) in [6, 6.07) is 5.77. The van der Waals surface area contributed by atoms with Crippen molar-refractivity contribution in [2.75, 3.05) is 33.3 Å². The molecule has 0 fully saturated rings. The Morgan fingerprint density at radius 3 is 2.23 bits per heavy atom. The van der Waals surface area contributed by atoms with E-state index < -0.39 is 35.9 Å². The lowest BCUT2D eigenvalue weighted by atomic mass is 10.1. The van der Waals surface area contributed by atoms with Crippen LogP contribution in [0.4, 0.5) is 18.9 Å². The van der Waals surface area contributed by atoms with Crippen molar-refractivity contribution in [1.82, 2.24) is 0 Å². The van der Waals surface area contributed by atoms with E-state index in [-0.39, 0.29) is 27.3 Å². The van der Waals surface area contributed by atoms with Crippen molar-refractivity contribution in [3.8, 4) is 17.2 Å². The van der Waals surface area contributed by atoms with Crippen LogP contribution in [0.2, 0.25) is 0 Å². The number of hydrogen-bond donors (Lipinski definition) is 1. The van der Waals surface area contributed by atoms with E-state index in [1.807, 2.05) is 0 Å². The van der Waals surface area contributed by atoms with Gasteiger partial charge >= 0.3 is 12.1 Å². The molecule has 0 aromatic heterocycles. The Labute approximate surface area is 178 Å². The standard InChI is InChI=1S/C19H17BrF3NO6/c1-27-13-8-10(15(20)17(29-3)16(13)28-2)18(26)30-9-14(25)24-12-7-5-4-6-11(12)19(21,22)23/h4-8H,9H2,1-3H3,(H,24,25). The third-order valence-corrected chi connectivity index (χ3v) is 4.62. The predicted molar refractivity (Wildman–Crippen MR) is 104 cm³/mol. The fourth-order valence-corrected chi connectivity index (χ4v) is 3.12. The maximum Gasteiger partial charge on any atom is 0.418 e. The monoisotopic (exact) mass is 491 g/mol. The zero-order valence-corrected chi connectivity index (χ0v) is 17.6. The van der Waals surface area contributed by atoms with E-state index in [2.05, 4.69) is 21.2 Å². The summed E-state index contributed by atoms with van der Waals surface area (Å²) < 4.78 is 59.7. The molecular formula is C19H17BrF3NO6. The Bertz CT molecular complexity index is 949. The first-order valence-electron chi connectivity index (χ1n) is 8.25. The number of methoxy groups -OCH3 is 3. The van der Waals surface area contributed by atoms with Gasteiger partial charge in [-0.05, 0) is 34.1 Å². The first-order chi connectivity index (χ1) is 14.1. The van der Waals surface area contributed by atoms with E-state index in [9.17, 15) is 22.8 Å². The van der Waals surface area contributed by atoms with Crippen LogP contribution in [0.15, 0.2) is 34.8 Å². The smallest absolute Gasteiger partial charge is 0.418 e. The van der Waals surface area contributed by atoms with E-state index in [1.165, 1.54) is 39.5 Å². The molecule has 0 aliphatic carbocycles. The minimum Gasteiger partial charge on any atom is -0.493 e. The molecule has 0 heterocycles. The molecule has 0 aliphatic heterocycles. The summed E-state index contributed by atoms with van der Waals surface area (Å²) in [6.45, 7) is -0.811. The van der Waals surface area contributed by atoms with Gasteiger partial charge in [0.05, 0.1) is 42.6 Å². The Kier molecular flexibility index (Phi) is 7.54. The zero-order valence-electron chi connectivity index (χ0n) is 16.1. The quantitative estimate of drug-likeness (QED) is 0.581. The maximum atomic E-state index is 13.0. The zero-order chi connectivity index (χ0) is 22.5. The Morgan fingerprint density at radius 1 is 1.03 bits per heavy atom. The van der Waals surface area contributed by atoms with Crippen molar-refractivity contribution in [3.63, 3.8) is 0 Å². The van der Waals surface area contributed by atoms with Crippen molar-refractivity contribution in [1.29, 1.82) is 0 Å². The number of carbonyl (C=O) groups is 2. The third kappa shape index (κ3) is 5.15. The van der Waals surface area contributed by atoms with Crippen LogP contribution < -0.4 is 19.5 Å². The molecule has 7 nitrogen and oxygen atoms in total. The molecule has 0 spiro atoms. The molecule has 162 valence electrons. The number of rotatable bonds is 7. The first kappa shape index (κ1) is 23.3. The number of anilines is 1. The Balaban J connectivity index is 2.16. The molecule has 0 saturated carbocycles. The number of para-hydroxylation sites is 1. The minimum absolute atomic E-state index is 0.0343. The van der Waals surface area contributed by atoms with E-state index in [1.54, 1.807) is 0 Å². The minimum atomic E-state index is -4.65. The van der Waals surface area contributed by atoms with Crippen LogP contribution in [-0.4, -0.2) is 39.8 Å². The van der Waals surface area contributed by atoms with E-state index in [0.717, 1.165) is 12.1 Å². The summed E-state index contributed by atoms with van der Waals surface area (Å²) in [5.41, 5.74) is -1.50. The van der Waals surface area contributed by atoms with E-state index in [4.69, 9.17) is 18.9 Å². The van der Waals surface area contributed by atoms with Gasteiger partial charge in [0, 0.05) is 0 Å². The van der Waals surface area contributed by atoms with Gasteiger partial charge in [0.2, 0.25) is 5.75 Å². The van der Waals surface area contributed by atoms with Gasteiger partial charge in [-0.2, -0.15) is 13.2 Å². The Morgan fingerprint density at radius 2 is 1.67 bits per heavy atom. The lowest BCUT2D eigenvalue weighted by molar-refractivity contribution is -0.137. The van der Waals surface area contributed by atoms with Crippen LogP contribution in [0.25, 0.3) is 0 Å². The van der Waals surface area contributed by atoms with Gasteiger partial charge in [0.1, 0.15) is 0 Å². The molecule has 2 rings (SSSR count). The summed E-state index contributed by atoms with van der Waals surface area (Å²) >= 11 is 3.20. The molecule has 1 amide bonds. The summed E-state index contributed by atoms with van der Waals surface area (Å²) in [7, 11) is 4.09. The van der Waals surface area contributed by atoms with Crippen LogP contribution in [0, 0.1) is 0 Å². The maximum absolute atomic E-state index is 13.0. The molecule has 0 unspecified atom stereocenters. The van der Waals surface area contributed by atoms with Crippen LogP contribution in [-0.2, 0) is 15.7 Å². The highest BCUT2D eigenvalue weighted by Gasteiger charge is 2.33. The highest BCUT2D eigenvalue weighted by molar-refractivity contribution is 9.10. The van der Waals surface area contributed by atoms with Crippen molar-refractivity contribution in [2.24, 2.45) is 0 Å². The fraction of sp³-hybridized carbons (Fsp3) is 0.263. The van der Waals surface area contributed by atoms with Crippen LogP contribution >= 0.6 is 15.9 Å². The molecular weight excluding hydrogens is 475 g/mol. The van der Waals surface area contributed by atoms with Gasteiger partial charge in [0.15, 0.2) is 18.1 Å². The van der Waals surface area contributed by atoms with Gasteiger partial charge < -0.3 is 24.3 Å². The highest BCUT2D eigenvalue weighted by atomic mass is 79.9. The lowest BCUT2D eigenvalue weighted by Gasteiger charge is -2.16.